The third-order valence-electron chi connectivity index (χ3n) is 5.02. The van der Waals surface area contributed by atoms with E-state index in [9.17, 15) is 24.5 Å². The number of hydrogen-bond donors (Lipinski definition) is 2. The molecule has 3 aromatic carbocycles. The minimum atomic E-state index is -0.608. The lowest BCUT2D eigenvalue weighted by Gasteiger charge is -2.19. The van der Waals surface area contributed by atoms with Gasteiger partial charge in [-0.2, -0.15) is 0 Å². The number of non-ortho nitro benzene ring substituents is 1. The van der Waals surface area contributed by atoms with Crippen LogP contribution in [0.15, 0.2) is 66.7 Å². The number of nitro groups is 1. The molecule has 0 saturated heterocycles. The van der Waals surface area contributed by atoms with Crippen LogP contribution in [0.1, 0.15) is 36.6 Å². The number of halogens is 1. The van der Waals surface area contributed by atoms with Gasteiger partial charge in [-0.15, -0.1) is 0 Å². The SMILES string of the molecule is CNC(=O)c1ccc(CN(C)C(=O)c2ccccc2NC(=O)c2ccc([N+](=O)[O-])cc2Cl)cc1. The van der Waals surface area contributed by atoms with Crippen LogP contribution in [0.3, 0.4) is 0 Å². The molecule has 3 aromatic rings. The molecule has 174 valence electrons. The molecule has 0 aliphatic rings. The van der Waals surface area contributed by atoms with Crippen LogP contribution in [0, 0.1) is 10.1 Å². The predicted molar refractivity (Wildman–Crippen MR) is 128 cm³/mol. The number of rotatable bonds is 7. The Labute approximate surface area is 200 Å². The second-order valence-corrected chi connectivity index (χ2v) is 7.77. The number of nitrogens with zero attached hydrogens (tertiary/aromatic N) is 2. The first-order chi connectivity index (χ1) is 16.2. The van der Waals surface area contributed by atoms with E-state index in [1.54, 1.807) is 62.6 Å². The zero-order chi connectivity index (χ0) is 24.8. The third-order valence-corrected chi connectivity index (χ3v) is 5.34. The van der Waals surface area contributed by atoms with E-state index in [2.05, 4.69) is 10.6 Å². The van der Waals surface area contributed by atoms with Crippen LogP contribution in [-0.4, -0.2) is 41.6 Å². The summed E-state index contributed by atoms with van der Waals surface area (Å²) >= 11 is 6.05. The number of anilines is 1. The Morgan fingerprint density at radius 3 is 2.26 bits per heavy atom. The van der Waals surface area contributed by atoms with E-state index in [0.717, 1.165) is 11.6 Å². The standard InChI is InChI=1S/C24H21ClN4O5/c1-26-22(30)16-9-7-15(8-10-16)14-28(2)24(32)19-5-3-4-6-21(19)27-23(31)18-12-11-17(29(33)34)13-20(18)25/h3-13H,14H2,1-2H3,(H,26,30)(H,27,31). The Morgan fingerprint density at radius 2 is 1.65 bits per heavy atom. The van der Waals surface area contributed by atoms with Crippen LogP contribution in [-0.2, 0) is 6.54 Å². The molecule has 0 aliphatic carbocycles. The Morgan fingerprint density at radius 1 is 0.971 bits per heavy atom. The normalized spacial score (nSPS) is 10.3. The number of nitro benzene ring substituents is 1. The van der Waals surface area contributed by atoms with E-state index in [0.29, 0.717) is 5.56 Å². The van der Waals surface area contributed by atoms with Gasteiger partial charge in [-0.25, -0.2) is 0 Å². The molecule has 0 spiro atoms. The lowest BCUT2D eigenvalue weighted by Crippen LogP contribution is -2.27. The topological polar surface area (TPSA) is 122 Å². The van der Waals surface area contributed by atoms with Crippen LogP contribution < -0.4 is 10.6 Å². The second kappa shape index (κ2) is 10.6. The van der Waals surface area contributed by atoms with Crippen LogP contribution in [0.2, 0.25) is 5.02 Å². The van der Waals surface area contributed by atoms with E-state index < -0.39 is 10.8 Å². The molecule has 0 radical (unpaired) electrons. The van der Waals surface area contributed by atoms with Crippen molar-refractivity contribution in [2.45, 2.75) is 6.54 Å². The summed E-state index contributed by atoms with van der Waals surface area (Å²) in [6, 6.07) is 16.9. The summed E-state index contributed by atoms with van der Waals surface area (Å²) in [5.74, 6) is -1.14. The van der Waals surface area contributed by atoms with Crippen molar-refractivity contribution in [1.29, 1.82) is 0 Å². The molecule has 0 aromatic heterocycles. The summed E-state index contributed by atoms with van der Waals surface area (Å²) in [5, 5.41) is 16.0. The predicted octanol–water partition coefficient (Wildman–Crippen LogP) is 4.13. The molecule has 0 unspecified atom stereocenters. The molecular weight excluding hydrogens is 460 g/mol. The molecule has 0 heterocycles. The third kappa shape index (κ3) is 5.57. The maximum atomic E-state index is 13.1. The highest BCUT2D eigenvalue weighted by atomic mass is 35.5. The first-order valence-electron chi connectivity index (χ1n) is 10.1. The van der Waals surface area contributed by atoms with Gasteiger partial charge in [-0.05, 0) is 35.9 Å². The van der Waals surface area contributed by atoms with Gasteiger partial charge >= 0.3 is 0 Å². The van der Waals surface area contributed by atoms with Gasteiger partial charge in [-0.3, -0.25) is 24.5 Å². The number of carbonyl (C=O) groups excluding carboxylic acids is 3. The molecule has 10 heteroatoms. The maximum absolute atomic E-state index is 13.1. The number of hydrogen-bond acceptors (Lipinski definition) is 5. The lowest BCUT2D eigenvalue weighted by atomic mass is 10.1. The Balaban J connectivity index is 1.76. The summed E-state index contributed by atoms with van der Waals surface area (Å²) in [6.45, 7) is 0.281. The van der Waals surface area contributed by atoms with E-state index in [4.69, 9.17) is 11.6 Å². The van der Waals surface area contributed by atoms with Crippen molar-refractivity contribution in [2.24, 2.45) is 0 Å². The van der Waals surface area contributed by atoms with Crippen molar-refractivity contribution >= 4 is 40.7 Å². The zero-order valence-corrected chi connectivity index (χ0v) is 19.1. The van der Waals surface area contributed by atoms with Gasteiger partial charge < -0.3 is 15.5 Å². The van der Waals surface area contributed by atoms with Crippen molar-refractivity contribution in [3.63, 3.8) is 0 Å². The Hall–Kier alpha value is -4.24. The van der Waals surface area contributed by atoms with Crippen LogP contribution in [0.4, 0.5) is 11.4 Å². The van der Waals surface area contributed by atoms with Crippen molar-refractivity contribution in [1.82, 2.24) is 10.2 Å². The molecule has 0 fully saturated rings. The summed E-state index contributed by atoms with van der Waals surface area (Å²) < 4.78 is 0. The van der Waals surface area contributed by atoms with Gasteiger partial charge in [0.15, 0.2) is 0 Å². The largest absolute Gasteiger partial charge is 0.355 e. The zero-order valence-electron chi connectivity index (χ0n) is 18.4. The van der Waals surface area contributed by atoms with Crippen LogP contribution in [0.5, 0.6) is 0 Å². The highest BCUT2D eigenvalue weighted by Gasteiger charge is 2.20. The quantitative estimate of drug-likeness (QED) is 0.389. The van der Waals surface area contributed by atoms with Crippen molar-refractivity contribution < 1.29 is 19.3 Å². The minimum absolute atomic E-state index is 0.0408. The second-order valence-electron chi connectivity index (χ2n) is 7.36. The molecule has 2 N–H and O–H groups in total. The van der Waals surface area contributed by atoms with E-state index in [1.165, 1.54) is 17.0 Å². The first-order valence-corrected chi connectivity index (χ1v) is 10.5. The molecule has 3 rings (SSSR count). The fourth-order valence-corrected chi connectivity index (χ4v) is 3.49. The smallest absolute Gasteiger partial charge is 0.270 e. The molecule has 0 bridgehead atoms. The summed E-state index contributed by atoms with van der Waals surface area (Å²) in [7, 11) is 3.18. The number of amides is 3. The van der Waals surface area contributed by atoms with E-state index in [-0.39, 0.29) is 45.9 Å². The molecule has 0 atom stereocenters. The van der Waals surface area contributed by atoms with Gasteiger partial charge in [0.05, 0.1) is 26.8 Å². The van der Waals surface area contributed by atoms with Crippen molar-refractivity contribution in [2.75, 3.05) is 19.4 Å². The van der Waals surface area contributed by atoms with Gasteiger partial charge in [-0.1, -0.05) is 35.9 Å². The van der Waals surface area contributed by atoms with Crippen LogP contribution >= 0.6 is 11.6 Å². The van der Waals surface area contributed by atoms with Gasteiger partial charge in [0.1, 0.15) is 0 Å². The highest BCUT2D eigenvalue weighted by Crippen LogP contribution is 2.25. The molecule has 0 aliphatic heterocycles. The summed E-state index contributed by atoms with van der Waals surface area (Å²) in [6.07, 6.45) is 0. The molecule has 34 heavy (non-hydrogen) atoms. The Kier molecular flexibility index (Phi) is 7.60. The number of benzene rings is 3. The minimum Gasteiger partial charge on any atom is -0.355 e. The number of nitrogens with one attached hydrogen (secondary N) is 2. The number of para-hydroxylation sites is 1. The fourth-order valence-electron chi connectivity index (χ4n) is 3.23. The molecule has 9 nitrogen and oxygen atoms in total. The Bertz CT molecular complexity index is 1260. The van der Waals surface area contributed by atoms with Gasteiger partial charge in [0.25, 0.3) is 23.4 Å². The van der Waals surface area contributed by atoms with E-state index >= 15 is 0 Å². The summed E-state index contributed by atoms with van der Waals surface area (Å²) in [5.41, 5.74) is 1.68. The molecule has 0 saturated carbocycles. The van der Waals surface area contributed by atoms with E-state index in [1.807, 2.05) is 0 Å². The monoisotopic (exact) mass is 480 g/mol. The van der Waals surface area contributed by atoms with Crippen LogP contribution in [0.25, 0.3) is 0 Å². The first kappa shape index (κ1) is 24.4. The number of carbonyl (C=O) groups is 3. The average Bonchev–Trinajstić information content (AvgIpc) is 2.83. The molecule has 3 amide bonds. The molecular formula is C24H21ClN4O5. The highest BCUT2D eigenvalue weighted by molar-refractivity contribution is 6.34. The average molecular weight is 481 g/mol. The fraction of sp³-hybridized carbons (Fsp3) is 0.125. The lowest BCUT2D eigenvalue weighted by molar-refractivity contribution is -0.384. The van der Waals surface area contributed by atoms with Crippen molar-refractivity contribution in [3.8, 4) is 0 Å². The van der Waals surface area contributed by atoms with Gasteiger partial charge in [0, 0.05) is 38.3 Å². The van der Waals surface area contributed by atoms with Crippen molar-refractivity contribution in [3.05, 3.63) is 104 Å². The maximum Gasteiger partial charge on any atom is 0.270 e. The summed E-state index contributed by atoms with van der Waals surface area (Å²) in [4.78, 5) is 49.3. The van der Waals surface area contributed by atoms with Gasteiger partial charge in [0.2, 0.25) is 0 Å².